The van der Waals surface area contributed by atoms with E-state index in [4.69, 9.17) is 0 Å². The average molecular weight is 289 g/mol. The zero-order valence-corrected chi connectivity index (χ0v) is 11.6. The Morgan fingerprint density at radius 1 is 1.30 bits per heavy atom. The highest BCUT2D eigenvalue weighted by molar-refractivity contribution is 7.80. The first-order valence-corrected chi connectivity index (χ1v) is 6.81. The van der Waals surface area contributed by atoms with Crippen LogP contribution >= 0.6 is 0 Å². The zero-order chi connectivity index (χ0) is 14.5. The van der Waals surface area contributed by atoms with Crippen LogP contribution in [0.25, 0.3) is 5.70 Å². The lowest BCUT2D eigenvalue weighted by Crippen LogP contribution is -2.38. The Morgan fingerprint density at radius 3 is 2.55 bits per heavy atom. The number of anilines is 1. The van der Waals surface area contributed by atoms with E-state index < -0.39 is 11.3 Å². The third-order valence-corrected chi connectivity index (χ3v) is 3.14. The Hall–Kier alpha value is -2.25. The molecule has 1 unspecified atom stereocenters. The molecule has 0 saturated heterocycles. The Bertz CT molecular complexity index is 633. The summed E-state index contributed by atoms with van der Waals surface area (Å²) < 4.78 is 23.7. The summed E-state index contributed by atoms with van der Waals surface area (Å²) in [5.74, 6) is 0. The number of aromatic nitrogens is 2. The molecule has 0 aliphatic rings. The smallest absolute Gasteiger partial charge is 0.108 e. The van der Waals surface area contributed by atoms with Gasteiger partial charge in [-0.3, -0.25) is 19.6 Å². The maximum absolute atomic E-state index is 11.3. The SMILES string of the molecule is C=C(NN(c1ccccc1)S(=O)[O-])c1nccnc1C. The number of benzene rings is 1. The quantitative estimate of drug-likeness (QED) is 0.667. The van der Waals surface area contributed by atoms with Gasteiger partial charge in [-0.15, -0.1) is 0 Å². The van der Waals surface area contributed by atoms with Crippen LogP contribution in [0.5, 0.6) is 0 Å². The molecule has 0 saturated carbocycles. The normalized spacial score (nSPS) is 11.7. The van der Waals surface area contributed by atoms with Gasteiger partial charge in [-0.05, 0) is 19.1 Å². The first kappa shape index (κ1) is 14.2. The fourth-order valence-electron chi connectivity index (χ4n) is 1.63. The number of rotatable bonds is 5. The minimum atomic E-state index is -2.49. The zero-order valence-electron chi connectivity index (χ0n) is 10.8. The fraction of sp³-hybridized carbons (Fsp3) is 0.0769. The van der Waals surface area contributed by atoms with E-state index in [1.807, 2.05) is 0 Å². The lowest BCUT2D eigenvalue weighted by atomic mass is 10.3. The van der Waals surface area contributed by atoms with Crippen LogP contribution in [-0.2, 0) is 11.3 Å². The summed E-state index contributed by atoms with van der Waals surface area (Å²) >= 11 is -2.49. The average Bonchev–Trinajstić information content (AvgIpc) is 2.45. The van der Waals surface area contributed by atoms with Crippen molar-refractivity contribution in [2.45, 2.75) is 6.92 Å². The fourth-order valence-corrected chi connectivity index (χ4v) is 2.11. The molecule has 1 N–H and O–H groups in total. The van der Waals surface area contributed by atoms with Gasteiger partial charge >= 0.3 is 0 Å². The number of hydrogen-bond acceptors (Lipinski definition) is 5. The first-order valence-electron chi connectivity index (χ1n) is 5.77. The third-order valence-electron chi connectivity index (χ3n) is 2.54. The van der Waals surface area contributed by atoms with Crippen molar-refractivity contribution < 1.29 is 8.76 Å². The molecule has 6 nitrogen and oxygen atoms in total. The number of para-hydroxylation sites is 1. The third kappa shape index (κ3) is 3.19. The predicted octanol–water partition coefficient (Wildman–Crippen LogP) is 1.56. The molecule has 1 atom stereocenters. The molecule has 0 aliphatic carbocycles. The second-order valence-corrected chi connectivity index (χ2v) is 4.73. The second-order valence-electron chi connectivity index (χ2n) is 3.93. The second kappa shape index (κ2) is 6.27. The molecule has 1 heterocycles. The van der Waals surface area contributed by atoms with E-state index in [0.717, 1.165) is 4.41 Å². The molecule has 0 spiro atoms. The van der Waals surface area contributed by atoms with Gasteiger partial charge in [0.05, 0.1) is 28.3 Å². The van der Waals surface area contributed by atoms with Gasteiger partial charge in [-0.1, -0.05) is 24.8 Å². The Balaban J connectivity index is 2.24. The van der Waals surface area contributed by atoms with Crippen LogP contribution in [0.4, 0.5) is 5.69 Å². The number of hydrazine groups is 1. The summed E-state index contributed by atoms with van der Waals surface area (Å²) in [7, 11) is 0. The van der Waals surface area contributed by atoms with Crippen molar-refractivity contribution in [1.29, 1.82) is 0 Å². The van der Waals surface area contributed by atoms with E-state index >= 15 is 0 Å². The van der Waals surface area contributed by atoms with Crippen molar-refractivity contribution in [3.63, 3.8) is 0 Å². The molecule has 0 fully saturated rings. The summed E-state index contributed by atoms with van der Waals surface area (Å²) in [6, 6.07) is 8.62. The maximum atomic E-state index is 11.3. The molecule has 0 radical (unpaired) electrons. The summed E-state index contributed by atoms with van der Waals surface area (Å²) in [6.07, 6.45) is 3.09. The minimum Gasteiger partial charge on any atom is -0.754 e. The molecule has 2 rings (SSSR count). The van der Waals surface area contributed by atoms with Crippen LogP contribution in [-0.4, -0.2) is 18.7 Å². The minimum absolute atomic E-state index is 0.351. The number of nitrogens with zero attached hydrogens (tertiary/aromatic N) is 3. The van der Waals surface area contributed by atoms with Crippen molar-refractivity contribution >= 4 is 22.7 Å². The van der Waals surface area contributed by atoms with Crippen LogP contribution in [0, 0.1) is 6.92 Å². The highest BCUT2D eigenvalue weighted by atomic mass is 32.2. The van der Waals surface area contributed by atoms with Crippen molar-refractivity contribution in [3.8, 4) is 0 Å². The van der Waals surface area contributed by atoms with E-state index in [0.29, 0.717) is 22.8 Å². The van der Waals surface area contributed by atoms with Gasteiger partial charge in [-0.25, -0.2) is 4.41 Å². The van der Waals surface area contributed by atoms with Crippen LogP contribution < -0.4 is 9.84 Å². The van der Waals surface area contributed by atoms with Gasteiger partial charge in [0.25, 0.3) is 0 Å². The van der Waals surface area contributed by atoms with Crippen molar-refractivity contribution in [3.05, 3.63) is 60.7 Å². The van der Waals surface area contributed by atoms with Crippen molar-refractivity contribution in [2.24, 2.45) is 0 Å². The molecule has 20 heavy (non-hydrogen) atoms. The highest BCUT2D eigenvalue weighted by Gasteiger charge is 2.11. The summed E-state index contributed by atoms with van der Waals surface area (Å²) in [4.78, 5) is 8.22. The monoisotopic (exact) mass is 289 g/mol. The van der Waals surface area contributed by atoms with E-state index in [-0.39, 0.29) is 0 Å². The molecule has 1 aromatic carbocycles. The number of hydrogen-bond donors (Lipinski definition) is 1. The Morgan fingerprint density at radius 2 is 1.95 bits per heavy atom. The van der Waals surface area contributed by atoms with E-state index in [1.54, 1.807) is 43.5 Å². The summed E-state index contributed by atoms with van der Waals surface area (Å²) in [5, 5.41) is 0. The molecule has 0 aliphatic heterocycles. The maximum Gasteiger partial charge on any atom is 0.108 e. The number of nitrogens with one attached hydrogen (secondary N) is 1. The van der Waals surface area contributed by atoms with Crippen LogP contribution in [0.2, 0.25) is 0 Å². The lowest BCUT2D eigenvalue weighted by molar-refractivity contribution is 0.529. The Kier molecular flexibility index (Phi) is 4.44. The van der Waals surface area contributed by atoms with E-state index in [1.165, 1.54) is 6.20 Å². The van der Waals surface area contributed by atoms with Crippen molar-refractivity contribution in [2.75, 3.05) is 4.41 Å². The van der Waals surface area contributed by atoms with Gasteiger partial charge in [0.1, 0.15) is 5.69 Å². The number of aryl methyl sites for hydroxylation is 1. The van der Waals surface area contributed by atoms with Gasteiger partial charge in [0.15, 0.2) is 0 Å². The topological polar surface area (TPSA) is 81.2 Å². The lowest BCUT2D eigenvalue weighted by Gasteiger charge is -2.28. The molecular weight excluding hydrogens is 276 g/mol. The summed E-state index contributed by atoms with van der Waals surface area (Å²) in [5.41, 5.74) is 4.71. The molecule has 1 aromatic heterocycles. The van der Waals surface area contributed by atoms with Crippen LogP contribution in [0.3, 0.4) is 0 Å². The predicted molar refractivity (Wildman–Crippen MR) is 76.8 cm³/mol. The largest absolute Gasteiger partial charge is 0.754 e. The van der Waals surface area contributed by atoms with Gasteiger partial charge < -0.3 is 4.55 Å². The van der Waals surface area contributed by atoms with E-state index in [2.05, 4.69) is 22.0 Å². The van der Waals surface area contributed by atoms with Gasteiger partial charge in [0, 0.05) is 12.4 Å². The van der Waals surface area contributed by atoms with Crippen LogP contribution in [0.1, 0.15) is 11.4 Å². The molecule has 0 bridgehead atoms. The van der Waals surface area contributed by atoms with Gasteiger partial charge in [-0.2, -0.15) is 0 Å². The highest BCUT2D eigenvalue weighted by Crippen LogP contribution is 2.16. The van der Waals surface area contributed by atoms with Crippen LogP contribution in [0.15, 0.2) is 49.3 Å². The molecular formula is C13H13N4O2S-. The Labute approximate surface area is 119 Å². The summed E-state index contributed by atoms with van der Waals surface area (Å²) in [6.45, 7) is 5.58. The standard InChI is InChI=1S/C13H14N4O2S/c1-10-13(15-9-8-14-10)11(2)16-17(20(18)19)12-6-4-3-5-7-12/h3-9,16H,2H2,1H3,(H,18,19)/p-1. The molecule has 104 valence electrons. The first-order chi connectivity index (χ1) is 9.59. The van der Waals surface area contributed by atoms with Crippen molar-refractivity contribution in [1.82, 2.24) is 15.4 Å². The molecule has 2 aromatic rings. The van der Waals surface area contributed by atoms with Gasteiger partial charge in [0.2, 0.25) is 0 Å². The molecule has 0 amide bonds. The van der Waals surface area contributed by atoms with E-state index in [9.17, 15) is 8.76 Å². The molecule has 7 heteroatoms.